The summed E-state index contributed by atoms with van der Waals surface area (Å²) in [5.74, 6) is -0.491. The number of guanidine groups is 1. The molecule has 8 heteroatoms. The molecule has 32 heavy (non-hydrogen) atoms. The zero-order valence-electron chi connectivity index (χ0n) is 17.4. The van der Waals surface area contributed by atoms with E-state index in [1.807, 2.05) is 48.7 Å². The fourth-order valence-electron chi connectivity index (χ4n) is 4.20. The number of likely N-dealkylation sites (N-methyl/N-ethyl adjacent to an activating group) is 1. The molecule has 1 aliphatic heterocycles. The third-order valence-electron chi connectivity index (χ3n) is 6.02. The summed E-state index contributed by atoms with van der Waals surface area (Å²) in [7, 11) is 1.64. The van der Waals surface area contributed by atoms with Crippen LogP contribution in [-0.2, 0) is 10.3 Å². The number of halogens is 1. The smallest absolute Gasteiger partial charge is 0.239 e. The molecule has 0 saturated heterocycles. The molecular weight excluding hydrogens is 446 g/mol. The lowest BCUT2D eigenvalue weighted by atomic mass is 9.77. The summed E-state index contributed by atoms with van der Waals surface area (Å²) >= 11 is 7.46. The maximum atomic E-state index is 13.5. The van der Waals surface area contributed by atoms with Gasteiger partial charge in [-0.25, -0.2) is 4.99 Å². The molecule has 1 unspecified atom stereocenters. The standard InChI is InChI=1S/C24H20ClN3O3S/c1-24(20-11-16(12-32-20)13-3-5-17(25)18(29)10-13)21(22(30)28(2)23(26)27-24)15-4-6-19-14(9-15)7-8-31-19/h3-12,21,29H,1-2H3,(H2,26,27)/t21?,24-/m1/s1. The van der Waals surface area contributed by atoms with E-state index in [-0.39, 0.29) is 17.6 Å². The van der Waals surface area contributed by atoms with Gasteiger partial charge in [-0.05, 0) is 65.4 Å². The molecule has 0 radical (unpaired) electrons. The third-order valence-corrected chi connectivity index (χ3v) is 7.49. The van der Waals surface area contributed by atoms with Gasteiger partial charge in [0.15, 0.2) is 5.96 Å². The van der Waals surface area contributed by atoms with Gasteiger partial charge < -0.3 is 15.3 Å². The van der Waals surface area contributed by atoms with Crippen molar-refractivity contribution in [1.82, 2.24) is 4.90 Å². The molecule has 0 aliphatic carbocycles. The highest BCUT2D eigenvalue weighted by molar-refractivity contribution is 7.10. The minimum Gasteiger partial charge on any atom is -0.506 e. The Labute approximate surface area is 193 Å². The number of benzene rings is 2. The van der Waals surface area contributed by atoms with Crippen LogP contribution in [0.1, 0.15) is 23.3 Å². The summed E-state index contributed by atoms with van der Waals surface area (Å²) < 4.78 is 5.46. The van der Waals surface area contributed by atoms with Gasteiger partial charge in [-0.15, -0.1) is 11.3 Å². The molecule has 162 valence electrons. The molecule has 1 amide bonds. The van der Waals surface area contributed by atoms with Crippen molar-refractivity contribution in [3.05, 3.63) is 75.6 Å². The molecule has 2 aromatic carbocycles. The van der Waals surface area contributed by atoms with Crippen LogP contribution < -0.4 is 5.73 Å². The quantitative estimate of drug-likeness (QED) is 0.429. The second-order valence-corrected chi connectivity index (χ2v) is 9.35. The average Bonchev–Trinajstić information content (AvgIpc) is 3.44. The summed E-state index contributed by atoms with van der Waals surface area (Å²) in [5, 5.41) is 13.2. The van der Waals surface area contributed by atoms with Crippen LogP contribution in [0.15, 0.2) is 69.6 Å². The molecule has 4 aromatic rings. The van der Waals surface area contributed by atoms with Crippen LogP contribution >= 0.6 is 22.9 Å². The van der Waals surface area contributed by atoms with Gasteiger partial charge in [-0.3, -0.25) is 9.69 Å². The highest BCUT2D eigenvalue weighted by atomic mass is 35.5. The van der Waals surface area contributed by atoms with Crippen molar-refractivity contribution in [3.63, 3.8) is 0 Å². The van der Waals surface area contributed by atoms with Crippen LogP contribution in [0.5, 0.6) is 5.75 Å². The van der Waals surface area contributed by atoms with Crippen molar-refractivity contribution >= 4 is 45.8 Å². The van der Waals surface area contributed by atoms with Crippen molar-refractivity contribution in [1.29, 1.82) is 0 Å². The van der Waals surface area contributed by atoms with Crippen molar-refractivity contribution in [2.24, 2.45) is 10.7 Å². The van der Waals surface area contributed by atoms with E-state index >= 15 is 0 Å². The van der Waals surface area contributed by atoms with Crippen LogP contribution in [0.25, 0.3) is 22.1 Å². The van der Waals surface area contributed by atoms with Crippen LogP contribution in [0.3, 0.4) is 0 Å². The maximum Gasteiger partial charge on any atom is 0.239 e. The van der Waals surface area contributed by atoms with E-state index in [2.05, 4.69) is 0 Å². The zero-order valence-corrected chi connectivity index (χ0v) is 18.9. The van der Waals surface area contributed by atoms with Gasteiger partial charge in [0.05, 0.1) is 17.2 Å². The lowest BCUT2D eigenvalue weighted by molar-refractivity contribution is -0.130. The number of rotatable bonds is 3. The Morgan fingerprint density at radius 1 is 1.19 bits per heavy atom. The molecule has 0 bridgehead atoms. The average molecular weight is 466 g/mol. The Morgan fingerprint density at radius 3 is 2.78 bits per heavy atom. The first-order valence-corrected chi connectivity index (χ1v) is 11.2. The molecule has 0 spiro atoms. The minimum absolute atomic E-state index is 0.0196. The third kappa shape index (κ3) is 3.16. The molecular formula is C24H20ClN3O3S. The first-order chi connectivity index (χ1) is 15.3. The summed E-state index contributed by atoms with van der Waals surface area (Å²) in [5.41, 5.74) is 8.58. The number of thiophene rings is 1. The summed E-state index contributed by atoms with van der Waals surface area (Å²) in [6, 6.07) is 14.7. The molecule has 3 heterocycles. The Morgan fingerprint density at radius 2 is 2.00 bits per heavy atom. The van der Waals surface area contributed by atoms with Crippen LogP contribution in [0, 0.1) is 0 Å². The van der Waals surface area contributed by atoms with Crippen molar-refractivity contribution in [3.8, 4) is 16.9 Å². The van der Waals surface area contributed by atoms with Crippen LogP contribution in [0.4, 0.5) is 0 Å². The second kappa shape index (κ2) is 7.39. The Balaban J connectivity index is 1.64. The number of phenols is 1. The van der Waals surface area contributed by atoms with Gasteiger partial charge in [0, 0.05) is 17.3 Å². The molecule has 2 atom stereocenters. The molecule has 3 N–H and O–H groups in total. The number of nitrogens with two attached hydrogens (primary N) is 1. The first kappa shape index (κ1) is 20.6. The Hall–Kier alpha value is -3.29. The largest absolute Gasteiger partial charge is 0.506 e. The first-order valence-electron chi connectivity index (χ1n) is 9.96. The molecule has 6 nitrogen and oxygen atoms in total. The predicted octanol–water partition coefficient (Wildman–Crippen LogP) is 5.31. The number of hydrogen-bond donors (Lipinski definition) is 2. The Bertz CT molecular complexity index is 1390. The number of carbonyl (C=O) groups is 1. The number of carbonyl (C=O) groups excluding carboxylic acids is 1. The van der Waals surface area contributed by atoms with E-state index < -0.39 is 11.5 Å². The lowest BCUT2D eigenvalue weighted by Crippen LogP contribution is -2.52. The van der Waals surface area contributed by atoms with E-state index in [1.165, 1.54) is 16.2 Å². The van der Waals surface area contributed by atoms with Crippen molar-refractivity contribution in [2.75, 3.05) is 7.05 Å². The number of nitrogens with zero attached hydrogens (tertiary/aromatic N) is 2. The number of amides is 1. The minimum atomic E-state index is -0.900. The van der Waals surface area contributed by atoms with Gasteiger partial charge in [0.1, 0.15) is 16.9 Å². The monoisotopic (exact) mass is 465 g/mol. The molecule has 5 rings (SSSR count). The second-order valence-electron chi connectivity index (χ2n) is 8.03. The summed E-state index contributed by atoms with van der Waals surface area (Å²) in [4.78, 5) is 20.5. The van der Waals surface area contributed by atoms with Crippen molar-refractivity contribution < 1.29 is 14.3 Å². The SMILES string of the molecule is CN1C(=O)C(c2ccc3occc3c2)[C@@](C)(c2cc(-c3ccc(Cl)c(O)c3)cs2)N=C1N. The molecule has 0 fully saturated rings. The van der Waals surface area contributed by atoms with E-state index in [9.17, 15) is 9.90 Å². The van der Waals surface area contributed by atoms with E-state index in [0.29, 0.717) is 5.02 Å². The van der Waals surface area contributed by atoms with E-state index in [4.69, 9.17) is 26.7 Å². The van der Waals surface area contributed by atoms with Crippen LogP contribution in [-0.4, -0.2) is 28.9 Å². The van der Waals surface area contributed by atoms with Gasteiger partial charge in [-0.1, -0.05) is 23.7 Å². The van der Waals surface area contributed by atoms with Crippen molar-refractivity contribution in [2.45, 2.75) is 18.4 Å². The zero-order chi connectivity index (χ0) is 22.6. The Kier molecular flexibility index (Phi) is 4.76. The van der Waals surface area contributed by atoms with Crippen LogP contribution in [0.2, 0.25) is 5.02 Å². The molecule has 1 aliphatic rings. The lowest BCUT2D eigenvalue weighted by Gasteiger charge is -2.40. The fraction of sp³-hybridized carbons (Fsp3) is 0.167. The highest BCUT2D eigenvalue weighted by Gasteiger charge is 2.48. The van der Waals surface area contributed by atoms with Gasteiger partial charge >= 0.3 is 0 Å². The molecule has 2 aromatic heterocycles. The van der Waals surface area contributed by atoms with Gasteiger partial charge in [0.25, 0.3) is 0 Å². The number of furan rings is 1. The normalized spacial score (nSPS) is 21.2. The van der Waals surface area contributed by atoms with Gasteiger partial charge in [0.2, 0.25) is 5.91 Å². The summed E-state index contributed by atoms with van der Waals surface area (Å²) in [6.07, 6.45) is 1.63. The topological polar surface area (TPSA) is 92.1 Å². The van der Waals surface area contributed by atoms with Gasteiger partial charge in [-0.2, -0.15) is 0 Å². The number of fused-ring (bicyclic) bond motifs is 1. The number of phenolic OH excluding ortho intramolecular Hbond substituents is 1. The molecule has 0 saturated carbocycles. The van der Waals surface area contributed by atoms with E-state index in [0.717, 1.165) is 32.5 Å². The maximum absolute atomic E-state index is 13.5. The predicted molar refractivity (Wildman–Crippen MR) is 127 cm³/mol. The number of aliphatic imine (C=N–C) groups is 1. The van der Waals surface area contributed by atoms with E-state index in [1.54, 1.807) is 25.4 Å². The number of aromatic hydroxyl groups is 1. The summed E-state index contributed by atoms with van der Waals surface area (Å²) in [6.45, 7) is 1.93. The number of hydrogen-bond acceptors (Lipinski definition) is 6. The highest BCUT2D eigenvalue weighted by Crippen LogP contribution is 2.47. The fourth-order valence-corrected chi connectivity index (χ4v) is 5.37.